The third kappa shape index (κ3) is 14.8. The number of anilines is 1. The quantitative estimate of drug-likeness (QED) is 0.506. The number of benzene rings is 1. The van der Waals surface area contributed by atoms with Crippen LogP contribution in [0, 0.1) is 28.6 Å². The normalized spacial score (nSPS) is 18.0. The smallest absolute Gasteiger partial charge is 0.228 e. The number of nitrogens with one attached hydrogen (secondary N) is 3. The van der Waals surface area contributed by atoms with Gasteiger partial charge in [0.2, 0.25) is 18.7 Å². The van der Waals surface area contributed by atoms with E-state index in [9.17, 15) is 14.9 Å². The SMILES string of the molecule is CC1CC(C#N)N(C(=O)[C@@H](CNC(C)(C)C)CC(C)(C)C)C1.CNC=O.O=CNc1ccccc1. The van der Waals surface area contributed by atoms with Gasteiger partial charge in [-0.25, -0.2) is 0 Å². The van der Waals surface area contributed by atoms with Gasteiger partial charge in [0, 0.05) is 31.4 Å². The topological polar surface area (TPSA) is 114 Å². The molecule has 2 unspecified atom stereocenters. The Morgan fingerprint density at radius 3 is 2.14 bits per heavy atom. The Morgan fingerprint density at radius 2 is 1.71 bits per heavy atom. The summed E-state index contributed by atoms with van der Waals surface area (Å²) in [5.74, 6) is 0.488. The van der Waals surface area contributed by atoms with E-state index in [0.717, 1.165) is 18.5 Å². The Kier molecular flexibility index (Phi) is 14.6. The van der Waals surface area contributed by atoms with Crippen LogP contribution in [0.1, 0.15) is 61.3 Å². The molecule has 1 aliphatic rings. The minimum absolute atomic E-state index is 0.0106. The van der Waals surface area contributed by atoms with Crippen LogP contribution in [0.4, 0.5) is 5.69 Å². The third-order valence-electron chi connectivity index (χ3n) is 5.15. The van der Waals surface area contributed by atoms with Gasteiger partial charge in [-0.3, -0.25) is 14.4 Å². The summed E-state index contributed by atoms with van der Waals surface area (Å²) < 4.78 is 0. The lowest BCUT2D eigenvalue weighted by Crippen LogP contribution is -2.47. The fourth-order valence-corrected chi connectivity index (χ4v) is 3.66. The van der Waals surface area contributed by atoms with Crippen molar-refractivity contribution in [1.82, 2.24) is 15.5 Å². The predicted molar refractivity (Wildman–Crippen MR) is 141 cm³/mol. The van der Waals surface area contributed by atoms with Crippen molar-refractivity contribution in [3.8, 4) is 6.07 Å². The van der Waals surface area contributed by atoms with Crippen LogP contribution in [-0.4, -0.2) is 55.3 Å². The van der Waals surface area contributed by atoms with E-state index >= 15 is 0 Å². The van der Waals surface area contributed by atoms with Gasteiger partial charge < -0.3 is 20.9 Å². The Hall–Kier alpha value is -2.92. The van der Waals surface area contributed by atoms with Crippen LogP contribution >= 0.6 is 0 Å². The van der Waals surface area contributed by atoms with E-state index in [-0.39, 0.29) is 28.8 Å². The van der Waals surface area contributed by atoms with Crippen LogP contribution in [0.25, 0.3) is 0 Å². The van der Waals surface area contributed by atoms with E-state index in [2.05, 4.69) is 70.5 Å². The molecule has 8 nitrogen and oxygen atoms in total. The average molecular weight is 488 g/mol. The van der Waals surface area contributed by atoms with Crippen molar-refractivity contribution >= 4 is 24.4 Å². The predicted octanol–water partition coefficient (Wildman–Crippen LogP) is 3.80. The Labute approximate surface area is 211 Å². The number of para-hydroxylation sites is 1. The molecule has 1 aromatic carbocycles. The molecule has 1 heterocycles. The lowest BCUT2D eigenvalue weighted by molar-refractivity contribution is -0.136. The summed E-state index contributed by atoms with van der Waals surface area (Å²) >= 11 is 0. The second-order valence-electron chi connectivity index (χ2n) is 11.1. The minimum atomic E-state index is -0.250. The van der Waals surface area contributed by atoms with E-state index in [1.54, 1.807) is 7.05 Å². The maximum atomic E-state index is 13.0. The molecule has 0 radical (unpaired) electrons. The maximum absolute atomic E-state index is 13.0. The number of nitriles is 1. The molecule has 1 aromatic rings. The molecule has 3 N–H and O–H groups in total. The zero-order valence-corrected chi connectivity index (χ0v) is 22.7. The zero-order chi connectivity index (χ0) is 27.1. The highest BCUT2D eigenvalue weighted by molar-refractivity contribution is 5.80. The number of rotatable bonds is 7. The molecule has 3 amide bonds. The Morgan fingerprint density at radius 1 is 1.14 bits per heavy atom. The van der Waals surface area contributed by atoms with Gasteiger partial charge in [-0.2, -0.15) is 5.26 Å². The number of hydrogen-bond donors (Lipinski definition) is 3. The number of hydrogen-bond acceptors (Lipinski definition) is 5. The highest BCUT2D eigenvalue weighted by atomic mass is 16.2. The molecule has 0 aliphatic carbocycles. The number of amides is 3. The van der Waals surface area contributed by atoms with Gasteiger partial charge in [0.25, 0.3) is 0 Å². The summed E-state index contributed by atoms with van der Waals surface area (Å²) in [6.07, 6.45) is 2.92. The Bertz CT molecular complexity index is 794. The van der Waals surface area contributed by atoms with Crippen LogP contribution in [0.15, 0.2) is 30.3 Å². The minimum Gasteiger partial charge on any atom is -0.362 e. The Balaban J connectivity index is 0.000000726. The monoisotopic (exact) mass is 487 g/mol. The molecule has 196 valence electrons. The summed E-state index contributed by atoms with van der Waals surface area (Å²) in [6.45, 7) is 16.3. The summed E-state index contributed by atoms with van der Waals surface area (Å²) in [6, 6.07) is 11.3. The van der Waals surface area contributed by atoms with Crippen LogP contribution in [0.2, 0.25) is 0 Å². The van der Waals surface area contributed by atoms with Gasteiger partial charge in [0.15, 0.2) is 0 Å². The van der Waals surface area contributed by atoms with Crippen LogP contribution in [0.5, 0.6) is 0 Å². The average Bonchev–Trinajstić information content (AvgIpc) is 3.17. The molecule has 3 atom stereocenters. The van der Waals surface area contributed by atoms with Gasteiger partial charge >= 0.3 is 0 Å². The standard InChI is InChI=1S/C18H33N3O.C7H7NO.C2H5NO/c1-13-8-15(10-19)21(12-13)16(22)14(9-17(2,3)4)11-20-18(5,6)7;9-6-8-7-4-2-1-3-5-7;1-3-2-4/h13-15,20H,8-9,11-12H2,1-7H3;1-6H,(H,8,9);2H,1H3,(H,3,4)/t13?,14-,15?;;/m1../s1. The molecular weight excluding hydrogens is 442 g/mol. The van der Waals surface area contributed by atoms with Crippen molar-refractivity contribution in [1.29, 1.82) is 5.26 Å². The number of likely N-dealkylation sites (tertiary alicyclic amines) is 1. The van der Waals surface area contributed by atoms with Gasteiger partial charge in [-0.05, 0) is 57.1 Å². The second-order valence-corrected chi connectivity index (χ2v) is 11.1. The van der Waals surface area contributed by atoms with Crippen molar-refractivity contribution in [3.63, 3.8) is 0 Å². The van der Waals surface area contributed by atoms with E-state index in [1.165, 1.54) is 0 Å². The number of nitrogens with zero attached hydrogens (tertiary/aromatic N) is 2. The van der Waals surface area contributed by atoms with E-state index in [0.29, 0.717) is 31.8 Å². The highest BCUT2D eigenvalue weighted by Crippen LogP contribution is 2.29. The van der Waals surface area contributed by atoms with E-state index in [4.69, 9.17) is 4.79 Å². The van der Waals surface area contributed by atoms with Crippen molar-refractivity contribution in [2.24, 2.45) is 17.3 Å². The fraction of sp³-hybridized carbons (Fsp3) is 0.630. The van der Waals surface area contributed by atoms with Crippen molar-refractivity contribution in [2.75, 3.05) is 25.5 Å². The molecule has 1 fully saturated rings. The van der Waals surface area contributed by atoms with Crippen LogP contribution in [0.3, 0.4) is 0 Å². The fourth-order valence-electron chi connectivity index (χ4n) is 3.66. The maximum Gasteiger partial charge on any atom is 0.228 e. The number of carbonyl (C=O) groups excluding carboxylic acids is 3. The first-order valence-corrected chi connectivity index (χ1v) is 12.1. The third-order valence-corrected chi connectivity index (χ3v) is 5.15. The van der Waals surface area contributed by atoms with Crippen molar-refractivity contribution in [2.45, 2.75) is 72.9 Å². The van der Waals surface area contributed by atoms with Gasteiger partial charge in [-0.1, -0.05) is 45.9 Å². The summed E-state index contributed by atoms with van der Waals surface area (Å²) in [5.41, 5.74) is 0.906. The molecule has 0 bridgehead atoms. The van der Waals surface area contributed by atoms with Crippen molar-refractivity contribution in [3.05, 3.63) is 30.3 Å². The second kappa shape index (κ2) is 15.9. The van der Waals surface area contributed by atoms with Gasteiger partial charge in [0.1, 0.15) is 6.04 Å². The molecule has 0 spiro atoms. The molecule has 0 aromatic heterocycles. The van der Waals surface area contributed by atoms with Crippen LogP contribution in [-0.2, 0) is 14.4 Å². The van der Waals surface area contributed by atoms with Gasteiger partial charge in [-0.15, -0.1) is 0 Å². The largest absolute Gasteiger partial charge is 0.362 e. The molecule has 35 heavy (non-hydrogen) atoms. The lowest BCUT2D eigenvalue weighted by atomic mass is 9.83. The number of carbonyl (C=O) groups is 3. The first-order valence-electron chi connectivity index (χ1n) is 12.1. The van der Waals surface area contributed by atoms with E-state index in [1.807, 2.05) is 35.2 Å². The summed E-state index contributed by atoms with van der Waals surface area (Å²) in [4.78, 5) is 33.7. The first-order chi connectivity index (χ1) is 16.3. The van der Waals surface area contributed by atoms with E-state index < -0.39 is 0 Å². The summed E-state index contributed by atoms with van der Waals surface area (Å²) in [7, 11) is 1.56. The zero-order valence-electron chi connectivity index (χ0n) is 22.7. The van der Waals surface area contributed by atoms with Crippen molar-refractivity contribution < 1.29 is 14.4 Å². The summed E-state index contributed by atoms with van der Waals surface area (Å²) in [5, 5.41) is 17.6. The van der Waals surface area contributed by atoms with Gasteiger partial charge in [0.05, 0.1) is 12.0 Å². The molecular formula is C27H45N5O3. The molecule has 0 saturated carbocycles. The first kappa shape index (κ1) is 32.1. The molecule has 1 saturated heterocycles. The molecule has 8 heteroatoms. The molecule has 1 aliphatic heterocycles. The lowest BCUT2D eigenvalue weighted by Gasteiger charge is -2.32. The van der Waals surface area contributed by atoms with Crippen LogP contribution < -0.4 is 16.0 Å². The highest BCUT2D eigenvalue weighted by Gasteiger charge is 2.37. The molecule has 2 rings (SSSR count).